The van der Waals surface area contributed by atoms with Crippen LogP contribution in [0.4, 0.5) is 17.1 Å². The maximum absolute atomic E-state index is 13.3. The fourth-order valence-corrected chi connectivity index (χ4v) is 3.96. The molecule has 3 aromatic carbocycles. The van der Waals surface area contributed by atoms with Crippen molar-refractivity contribution in [1.82, 2.24) is 0 Å². The number of ether oxygens (including phenoxy) is 1. The third-order valence-electron chi connectivity index (χ3n) is 5.83. The van der Waals surface area contributed by atoms with Crippen LogP contribution in [-0.4, -0.2) is 36.3 Å². The Bertz CT molecular complexity index is 1350. The number of hydrogen-bond donors (Lipinski definition) is 2. The molecule has 1 heterocycles. The molecule has 188 valence electrons. The van der Waals surface area contributed by atoms with E-state index in [1.807, 2.05) is 31.2 Å². The minimum absolute atomic E-state index is 0.260. The number of anilines is 3. The third kappa shape index (κ3) is 6.10. The second-order valence-electron chi connectivity index (χ2n) is 8.52. The largest absolute Gasteiger partial charge is 0.462 e. The van der Waals surface area contributed by atoms with E-state index >= 15 is 0 Å². The highest BCUT2D eigenvalue weighted by atomic mass is 16.5. The monoisotopic (exact) mass is 497 g/mol. The molecule has 37 heavy (non-hydrogen) atoms. The number of nitrogens with one attached hydrogen (secondary N) is 2. The summed E-state index contributed by atoms with van der Waals surface area (Å²) in [7, 11) is 0. The Hall–Kier alpha value is -4.72. The number of rotatable bonds is 7. The van der Waals surface area contributed by atoms with Crippen molar-refractivity contribution in [3.63, 3.8) is 0 Å². The molecule has 0 saturated carbocycles. The Morgan fingerprint density at radius 3 is 2.41 bits per heavy atom. The molecule has 0 saturated heterocycles. The molecule has 0 aromatic heterocycles. The quantitative estimate of drug-likeness (QED) is 0.368. The summed E-state index contributed by atoms with van der Waals surface area (Å²) < 4.78 is 4.96. The lowest BCUT2D eigenvalue weighted by atomic mass is 10.0. The molecule has 8 nitrogen and oxygen atoms in total. The number of aryl methyl sites for hydroxylation is 1. The number of benzene rings is 3. The molecular weight excluding hydrogens is 470 g/mol. The molecule has 1 aliphatic heterocycles. The first-order chi connectivity index (χ1) is 17.9. The van der Waals surface area contributed by atoms with Gasteiger partial charge in [0.15, 0.2) is 0 Å². The van der Waals surface area contributed by atoms with Gasteiger partial charge in [0, 0.05) is 11.8 Å². The van der Waals surface area contributed by atoms with Gasteiger partial charge in [0.1, 0.15) is 6.04 Å². The van der Waals surface area contributed by atoms with Crippen LogP contribution >= 0.6 is 0 Å². The van der Waals surface area contributed by atoms with Crippen LogP contribution in [0.2, 0.25) is 0 Å². The first-order valence-corrected chi connectivity index (χ1v) is 11.9. The van der Waals surface area contributed by atoms with Crippen LogP contribution in [0.15, 0.2) is 78.9 Å². The highest BCUT2D eigenvalue weighted by molar-refractivity contribution is 6.16. The fraction of sp³-hybridized carbons (Fsp3) is 0.172. The molecule has 8 heteroatoms. The average Bonchev–Trinajstić information content (AvgIpc) is 2.89. The minimum atomic E-state index is -1.05. The number of fused-ring (bicyclic) bond motifs is 1. The van der Waals surface area contributed by atoms with Gasteiger partial charge in [-0.2, -0.15) is 0 Å². The molecule has 0 spiro atoms. The molecule has 0 radical (unpaired) electrons. The molecule has 2 N–H and O–H groups in total. The third-order valence-corrected chi connectivity index (χ3v) is 5.83. The van der Waals surface area contributed by atoms with Crippen LogP contribution in [0.25, 0.3) is 6.08 Å². The zero-order chi connectivity index (χ0) is 26.4. The van der Waals surface area contributed by atoms with Crippen molar-refractivity contribution in [3.05, 3.63) is 95.6 Å². The van der Waals surface area contributed by atoms with E-state index < -0.39 is 29.7 Å². The second kappa shape index (κ2) is 11.3. The van der Waals surface area contributed by atoms with Gasteiger partial charge in [0.05, 0.1) is 30.0 Å². The highest BCUT2D eigenvalue weighted by Crippen LogP contribution is 2.33. The van der Waals surface area contributed by atoms with E-state index in [1.165, 1.54) is 11.0 Å². The van der Waals surface area contributed by atoms with Gasteiger partial charge in [-0.05, 0) is 61.9 Å². The van der Waals surface area contributed by atoms with Gasteiger partial charge in [0.25, 0.3) is 5.91 Å². The van der Waals surface area contributed by atoms with Crippen molar-refractivity contribution in [3.8, 4) is 0 Å². The lowest BCUT2D eigenvalue weighted by molar-refractivity contribution is -0.124. The predicted molar refractivity (Wildman–Crippen MR) is 142 cm³/mol. The van der Waals surface area contributed by atoms with E-state index in [0.29, 0.717) is 22.6 Å². The first-order valence-electron chi connectivity index (χ1n) is 11.9. The van der Waals surface area contributed by atoms with E-state index in [1.54, 1.807) is 61.5 Å². The Balaban J connectivity index is 1.53. The topological polar surface area (TPSA) is 105 Å². The Morgan fingerprint density at radius 1 is 1.00 bits per heavy atom. The maximum atomic E-state index is 13.3. The minimum Gasteiger partial charge on any atom is -0.462 e. The number of nitrogens with zero attached hydrogens (tertiary/aromatic N) is 1. The van der Waals surface area contributed by atoms with E-state index in [-0.39, 0.29) is 13.0 Å². The number of carbonyl (C=O) groups is 4. The van der Waals surface area contributed by atoms with Crippen molar-refractivity contribution >= 4 is 46.8 Å². The fourth-order valence-electron chi connectivity index (χ4n) is 3.96. The van der Waals surface area contributed by atoms with Crippen LogP contribution in [-0.2, 0) is 19.1 Å². The van der Waals surface area contributed by atoms with Crippen LogP contribution < -0.4 is 15.5 Å². The number of carbonyl (C=O) groups excluding carboxylic acids is 4. The molecular formula is C29H27N3O5. The Morgan fingerprint density at radius 2 is 1.70 bits per heavy atom. The SMILES string of the molecule is CCOC(=O)c1ccc(NC(=O)CC2C(=O)Nc3ccccc3N2C(=O)/C=C/c2ccc(C)cc2)cc1. The van der Waals surface area contributed by atoms with Gasteiger partial charge >= 0.3 is 5.97 Å². The van der Waals surface area contributed by atoms with Crippen molar-refractivity contribution in [2.45, 2.75) is 26.3 Å². The van der Waals surface area contributed by atoms with Crippen molar-refractivity contribution in [1.29, 1.82) is 0 Å². The number of hydrogen-bond acceptors (Lipinski definition) is 5. The lowest BCUT2D eigenvalue weighted by Gasteiger charge is -2.35. The van der Waals surface area contributed by atoms with Crippen molar-refractivity contribution in [2.75, 3.05) is 22.1 Å². The molecule has 3 amide bonds. The van der Waals surface area contributed by atoms with Crippen molar-refractivity contribution < 1.29 is 23.9 Å². The molecule has 0 aliphatic carbocycles. The van der Waals surface area contributed by atoms with Gasteiger partial charge in [-0.3, -0.25) is 19.3 Å². The molecule has 3 aromatic rings. The molecule has 1 atom stereocenters. The summed E-state index contributed by atoms with van der Waals surface area (Å²) in [6.45, 7) is 3.96. The first kappa shape index (κ1) is 25.4. The van der Waals surface area contributed by atoms with Gasteiger partial charge < -0.3 is 15.4 Å². The highest BCUT2D eigenvalue weighted by Gasteiger charge is 2.37. The average molecular weight is 498 g/mol. The summed E-state index contributed by atoms with van der Waals surface area (Å²) in [5, 5.41) is 5.52. The number of esters is 1. The van der Waals surface area contributed by atoms with Crippen LogP contribution in [0.3, 0.4) is 0 Å². The van der Waals surface area contributed by atoms with E-state index in [2.05, 4.69) is 10.6 Å². The van der Waals surface area contributed by atoms with Crippen LogP contribution in [0, 0.1) is 6.92 Å². The molecule has 1 unspecified atom stereocenters. The smallest absolute Gasteiger partial charge is 0.338 e. The Labute approximate surface area is 214 Å². The van der Waals surface area contributed by atoms with E-state index in [4.69, 9.17) is 4.74 Å². The van der Waals surface area contributed by atoms with Gasteiger partial charge in [-0.1, -0.05) is 42.0 Å². The zero-order valence-electron chi connectivity index (χ0n) is 20.6. The second-order valence-corrected chi connectivity index (χ2v) is 8.52. The summed E-state index contributed by atoms with van der Waals surface area (Å²) in [6.07, 6.45) is 2.82. The molecule has 1 aliphatic rings. The predicted octanol–water partition coefficient (Wildman–Crippen LogP) is 4.57. The van der Waals surface area contributed by atoms with Gasteiger partial charge in [-0.25, -0.2) is 4.79 Å². The summed E-state index contributed by atoms with van der Waals surface area (Å²) in [5.74, 6) is -1.78. The molecule has 0 bridgehead atoms. The van der Waals surface area contributed by atoms with Crippen molar-refractivity contribution in [2.24, 2.45) is 0 Å². The van der Waals surface area contributed by atoms with Crippen LogP contribution in [0.5, 0.6) is 0 Å². The van der Waals surface area contributed by atoms with E-state index in [0.717, 1.165) is 11.1 Å². The molecule has 0 fully saturated rings. The van der Waals surface area contributed by atoms with Gasteiger partial charge in [0.2, 0.25) is 11.8 Å². The summed E-state index contributed by atoms with van der Waals surface area (Å²) in [5.41, 5.74) is 3.76. The normalized spacial score (nSPS) is 14.6. The zero-order valence-corrected chi connectivity index (χ0v) is 20.6. The summed E-state index contributed by atoms with van der Waals surface area (Å²) in [6, 6.07) is 19.8. The lowest BCUT2D eigenvalue weighted by Crippen LogP contribution is -2.52. The summed E-state index contributed by atoms with van der Waals surface area (Å²) >= 11 is 0. The maximum Gasteiger partial charge on any atom is 0.338 e. The standard InChI is InChI=1S/C29H27N3O5/c1-3-37-29(36)21-13-15-22(16-14-21)30-26(33)18-25-28(35)31-23-6-4-5-7-24(23)32(25)27(34)17-12-20-10-8-19(2)9-11-20/h4-17,25H,3,18H2,1-2H3,(H,30,33)(H,31,35)/b17-12+. The summed E-state index contributed by atoms with van der Waals surface area (Å²) in [4.78, 5) is 52.4. The number of amides is 3. The molecule has 4 rings (SSSR count). The van der Waals surface area contributed by atoms with Gasteiger partial charge in [-0.15, -0.1) is 0 Å². The van der Waals surface area contributed by atoms with Crippen LogP contribution in [0.1, 0.15) is 34.8 Å². The Kier molecular flexibility index (Phi) is 7.78. The van der Waals surface area contributed by atoms with E-state index in [9.17, 15) is 19.2 Å². The number of para-hydroxylation sites is 2.